The number of carbonyl (C=O) groups is 1. The first-order valence-corrected chi connectivity index (χ1v) is 17.9. The van der Waals surface area contributed by atoms with Crippen LogP contribution in [0.4, 0.5) is 0 Å². The lowest BCUT2D eigenvalue weighted by Gasteiger charge is -2.09. The molecule has 1 N–H and O–H groups in total. The molecule has 0 heterocycles. The molecule has 2 heteroatoms. The monoisotopic (exact) mass is 581 g/mol. The summed E-state index contributed by atoms with van der Waals surface area (Å²) in [5, 5.41) is 9.17. The molecule has 42 heavy (non-hydrogen) atoms. The number of hydrogen-bond acceptors (Lipinski definition) is 1. The Morgan fingerprint density at radius 1 is 0.429 bits per heavy atom. The fourth-order valence-electron chi connectivity index (χ4n) is 5.18. The van der Waals surface area contributed by atoms with Gasteiger partial charge in [0.05, 0.1) is 5.92 Å². The molecule has 0 saturated heterocycles. The minimum absolute atomic E-state index is 0.181. The molecule has 0 aromatic heterocycles. The minimum Gasteiger partial charge on any atom is -0.481 e. The first kappa shape index (κ1) is 39.9. The molecule has 0 aliphatic rings. The zero-order valence-electron chi connectivity index (χ0n) is 27.8. The number of rotatable bonds is 31. The largest absolute Gasteiger partial charge is 0.481 e. The van der Waals surface area contributed by atoms with Crippen molar-refractivity contribution in [2.75, 3.05) is 0 Å². The lowest BCUT2D eigenvalue weighted by atomic mass is 9.97. The Morgan fingerprint density at radius 3 is 1.21 bits per heavy atom. The maximum absolute atomic E-state index is 11.1. The first-order valence-electron chi connectivity index (χ1n) is 17.9. The van der Waals surface area contributed by atoms with Crippen LogP contribution < -0.4 is 0 Å². The Morgan fingerprint density at radius 2 is 0.786 bits per heavy atom. The second-order valence-corrected chi connectivity index (χ2v) is 11.9. The van der Waals surface area contributed by atoms with Crippen LogP contribution in [0.1, 0.15) is 168 Å². The maximum atomic E-state index is 11.1. The molecule has 0 bridgehead atoms. The molecule has 0 saturated carbocycles. The van der Waals surface area contributed by atoms with E-state index in [1.165, 1.54) is 109 Å². The standard InChI is InChI=1S/C40H68O2/c1-3-5-6-7-8-9-10-11-12-13-14-15-16-17-18-19-20-21-22-23-24-25-26-27-28-29-30-31-32-33-34-35-36-38-39(37-4-2)40(41)42/h21-24,27-34,39H,3-20,25-26,35-38H2,1-2H3,(H,41,42). The molecule has 0 amide bonds. The second kappa shape index (κ2) is 35.1. The third kappa shape index (κ3) is 32.4. The van der Waals surface area contributed by atoms with Gasteiger partial charge in [-0.25, -0.2) is 0 Å². The number of carboxylic acid groups (broad SMARTS) is 1. The van der Waals surface area contributed by atoms with Crippen molar-refractivity contribution in [2.24, 2.45) is 5.92 Å². The van der Waals surface area contributed by atoms with Gasteiger partial charge in [-0.05, 0) is 51.4 Å². The Hall–Kier alpha value is -2.09. The summed E-state index contributed by atoms with van der Waals surface area (Å²) in [6.45, 7) is 4.34. The molecule has 0 aliphatic carbocycles. The van der Waals surface area contributed by atoms with Crippen molar-refractivity contribution in [1.29, 1.82) is 0 Å². The highest BCUT2D eigenvalue weighted by atomic mass is 16.4. The summed E-state index contributed by atoms with van der Waals surface area (Å²) in [5.74, 6) is -0.832. The lowest BCUT2D eigenvalue weighted by molar-refractivity contribution is -0.142. The van der Waals surface area contributed by atoms with Crippen LogP contribution in [0.2, 0.25) is 0 Å². The average Bonchev–Trinajstić information content (AvgIpc) is 2.98. The van der Waals surface area contributed by atoms with Gasteiger partial charge in [-0.15, -0.1) is 0 Å². The predicted molar refractivity (Wildman–Crippen MR) is 188 cm³/mol. The van der Waals surface area contributed by atoms with Gasteiger partial charge in [0.15, 0.2) is 0 Å². The molecule has 240 valence electrons. The van der Waals surface area contributed by atoms with E-state index in [1.54, 1.807) is 0 Å². The van der Waals surface area contributed by atoms with Gasteiger partial charge < -0.3 is 5.11 Å². The van der Waals surface area contributed by atoms with Crippen LogP contribution in [-0.2, 0) is 4.79 Å². The smallest absolute Gasteiger partial charge is 0.306 e. The molecule has 0 aromatic carbocycles. The Labute approximate surface area is 262 Å². The van der Waals surface area contributed by atoms with Gasteiger partial charge in [-0.2, -0.15) is 0 Å². The summed E-state index contributed by atoms with van der Waals surface area (Å²) in [6.07, 6.45) is 56.2. The molecule has 2 nitrogen and oxygen atoms in total. The Kier molecular flexibility index (Phi) is 33.4. The topological polar surface area (TPSA) is 37.3 Å². The van der Waals surface area contributed by atoms with Crippen molar-refractivity contribution >= 4 is 5.97 Å². The van der Waals surface area contributed by atoms with Gasteiger partial charge in [0.25, 0.3) is 0 Å². The number of hydrogen-bond donors (Lipinski definition) is 1. The van der Waals surface area contributed by atoms with Crippen LogP contribution in [0, 0.1) is 5.92 Å². The molecule has 0 aromatic rings. The zero-order valence-corrected chi connectivity index (χ0v) is 27.8. The van der Waals surface area contributed by atoms with Gasteiger partial charge >= 0.3 is 5.97 Å². The van der Waals surface area contributed by atoms with E-state index in [9.17, 15) is 9.90 Å². The highest BCUT2D eigenvalue weighted by molar-refractivity contribution is 5.69. The Balaban J connectivity index is 3.48. The molecule has 0 rings (SSSR count). The van der Waals surface area contributed by atoms with E-state index in [-0.39, 0.29) is 5.92 Å². The van der Waals surface area contributed by atoms with E-state index in [1.807, 2.05) is 31.2 Å². The summed E-state index contributed by atoms with van der Waals surface area (Å²) in [5.41, 5.74) is 0. The van der Waals surface area contributed by atoms with Crippen LogP contribution in [-0.4, -0.2) is 11.1 Å². The molecular weight excluding hydrogens is 512 g/mol. The van der Waals surface area contributed by atoms with Crippen molar-refractivity contribution in [3.8, 4) is 0 Å². The van der Waals surface area contributed by atoms with E-state index < -0.39 is 5.97 Å². The summed E-state index contributed by atoms with van der Waals surface area (Å²) >= 11 is 0. The third-order valence-electron chi connectivity index (χ3n) is 7.85. The van der Waals surface area contributed by atoms with Crippen LogP contribution in [0.5, 0.6) is 0 Å². The maximum Gasteiger partial charge on any atom is 0.306 e. The quantitative estimate of drug-likeness (QED) is 0.0654. The van der Waals surface area contributed by atoms with Crippen molar-refractivity contribution in [1.82, 2.24) is 0 Å². The summed E-state index contributed by atoms with van der Waals surface area (Å²) in [6, 6.07) is 0. The van der Waals surface area contributed by atoms with Crippen molar-refractivity contribution in [3.05, 3.63) is 72.9 Å². The lowest BCUT2D eigenvalue weighted by Crippen LogP contribution is -2.13. The third-order valence-corrected chi connectivity index (χ3v) is 7.85. The van der Waals surface area contributed by atoms with E-state index in [4.69, 9.17) is 0 Å². The predicted octanol–water partition coefficient (Wildman–Crippen LogP) is 13.4. The molecule has 0 spiro atoms. The van der Waals surface area contributed by atoms with Crippen molar-refractivity contribution in [3.63, 3.8) is 0 Å². The van der Waals surface area contributed by atoms with Crippen LogP contribution in [0.15, 0.2) is 72.9 Å². The van der Waals surface area contributed by atoms with Crippen LogP contribution in [0.3, 0.4) is 0 Å². The highest BCUT2D eigenvalue weighted by Crippen LogP contribution is 2.16. The molecule has 1 unspecified atom stereocenters. The van der Waals surface area contributed by atoms with Gasteiger partial charge in [0.1, 0.15) is 0 Å². The number of aliphatic carboxylic acids is 1. The second-order valence-electron chi connectivity index (χ2n) is 11.9. The highest BCUT2D eigenvalue weighted by Gasteiger charge is 2.14. The number of unbranched alkanes of at least 4 members (excludes halogenated alkanes) is 18. The first-order chi connectivity index (χ1) is 20.7. The van der Waals surface area contributed by atoms with Gasteiger partial charge in [0, 0.05) is 0 Å². The average molecular weight is 581 g/mol. The van der Waals surface area contributed by atoms with Crippen molar-refractivity contribution < 1.29 is 9.90 Å². The SMILES string of the molecule is CCCCCCCCCCCCCCCCCCC=CC=CCCC=CC=CC=CC=CCCCC(CCC)C(=O)O. The fourth-order valence-corrected chi connectivity index (χ4v) is 5.18. The molecular formula is C40H68O2. The molecule has 0 radical (unpaired) electrons. The number of carboxylic acids is 1. The Bertz CT molecular complexity index is 737. The normalized spacial score (nSPS) is 13.4. The van der Waals surface area contributed by atoms with E-state index in [0.29, 0.717) is 0 Å². The van der Waals surface area contributed by atoms with E-state index in [2.05, 4.69) is 55.5 Å². The minimum atomic E-state index is -0.650. The molecule has 0 fully saturated rings. The molecule has 0 aliphatic heterocycles. The summed E-state index contributed by atoms with van der Waals surface area (Å²) in [7, 11) is 0. The van der Waals surface area contributed by atoms with Gasteiger partial charge in [-0.3, -0.25) is 4.79 Å². The van der Waals surface area contributed by atoms with E-state index >= 15 is 0 Å². The van der Waals surface area contributed by atoms with Crippen molar-refractivity contribution in [2.45, 2.75) is 168 Å². The van der Waals surface area contributed by atoms with Gasteiger partial charge in [-0.1, -0.05) is 189 Å². The summed E-state index contributed by atoms with van der Waals surface area (Å²) in [4.78, 5) is 11.1. The fraction of sp³-hybridized carbons (Fsp3) is 0.675. The number of allylic oxidation sites excluding steroid dienone is 12. The van der Waals surface area contributed by atoms with Gasteiger partial charge in [0.2, 0.25) is 0 Å². The summed E-state index contributed by atoms with van der Waals surface area (Å²) < 4.78 is 0. The van der Waals surface area contributed by atoms with E-state index in [0.717, 1.165) is 44.9 Å². The zero-order chi connectivity index (χ0) is 30.6. The van der Waals surface area contributed by atoms with Crippen LogP contribution >= 0.6 is 0 Å². The molecule has 1 atom stereocenters. The van der Waals surface area contributed by atoms with Crippen LogP contribution in [0.25, 0.3) is 0 Å².